The van der Waals surface area contributed by atoms with Crippen LogP contribution < -0.4 is 0 Å². The van der Waals surface area contributed by atoms with Crippen LogP contribution in [0.5, 0.6) is 0 Å². The summed E-state index contributed by atoms with van der Waals surface area (Å²) in [6.45, 7) is 10.4. The van der Waals surface area contributed by atoms with Gasteiger partial charge in [0.15, 0.2) is 0 Å². The Kier molecular flexibility index (Phi) is 2.09. The largest absolute Gasteiger partial charge is 0.393 e. The number of ether oxygens (including phenoxy) is 1. The second kappa shape index (κ2) is 2.76. The molecule has 1 heterocycles. The van der Waals surface area contributed by atoms with Crippen LogP contribution in [0.15, 0.2) is 0 Å². The third kappa shape index (κ3) is 0.931. The highest BCUT2D eigenvalue weighted by Crippen LogP contribution is 2.67. The first-order valence-electron chi connectivity index (χ1n) is 5.69. The van der Waals surface area contributed by atoms with Crippen LogP contribution in [0, 0.1) is 16.7 Å². The van der Waals surface area contributed by atoms with Crippen LogP contribution >= 0.6 is 0 Å². The Morgan fingerprint density at radius 1 is 1.20 bits per heavy atom. The molecule has 2 fully saturated rings. The maximum absolute atomic E-state index is 10.3. The van der Waals surface area contributed by atoms with Crippen molar-refractivity contribution in [1.82, 2.24) is 0 Å². The van der Waals surface area contributed by atoms with Gasteiger partial charge in [0.05, 0.1) is 18.8 Å². The molecule has 1 aliphatic carbocycles. The molecule has 3 nitrogen and oxygen atoms in total. The van der Waals surface area contributed by atoms with Crippen molar-refractivity contribution in [3.05, 3.63) is 0 Å². The van der Waals surface area contributed by atoms with Crippen LogP contribution in [0.2, 0.25) is 0 Å². The van der Waals surface area contributed by atoms with E-state index in [0.717, 1.165) is 0 Å². The van der Waals surface area contributed by atoms with Crippen molar-refractivity contribution in [2.45, 2.75) is 52.4 Å². The fraction of sp³-hybridized carbons (Fsp3) is 1.00. The molecule has 2 aliphatic rings. The number of hydrogen-bond acceptors (Lipinski definition) is 3. The van der Waals surface area contributed by atoms with E-state index in [9.17, 15) is 10.2 Å². The molecular weight excluding hydrogens is 192 g/mol. The zero-order valence-corrected chi connectivity index (χ0v) is 10.2. The lowest BCUT2D eigenvalue weighted by Gasteiger charge is -2.51. The average molecular weight is 214 g/mol. The second-order valence-electron chi connectivity index (χ2n) is 6.19. The van der Waals surface area contributed by atoms with Gasteiger partial charge in [0.25, 0.3) is 0 Å². The van der Waals surface area contributed by atoms with Gasteiger partial charge in [-0.1, -0.05) is 27.7 Å². The van der Waals surface area contributed by atoms with E-state index in [1.54, 1.807) is 0 Å². The molecule has 2 N–H and O–H groups in total. The molecule has 0 aromatic carbocycles. The fourth-order valence-electron chi connectivity index (χ4n) is 3.81. The third-order valence-corrected chi connectivity index (χ3v) is 5.46. The van der Waals surface area contributed by atoms with Crippen LogP contribution in [0.25, 0.3) is 0 Å². The van der Waals surface area contributed by atoms with Crippen molar-refractivity contribution in [3.63, 3.8) is 0 Å². The average Bonchev–Trinajstić information content (AvgIpc) is 2.42. The summed E-state index contributed by atoms with van der Waals surface area (Å²) in [5.74, 6) is 0.111. The van der Waals surface area contributed by atoms with Gasteiger partial charge >= 0.3 is 0 Å². The molecule has 1 aliphatic heterocycles. The standard InChI is InChI=1S/C12H22O3/c1-7-8-9(14)12(6-13,15-7)11(4,5)10(8,2)3/h7-9,13-14H,6H2,1-5H3/t7-,8-,9-,12+/m0/s1. The van der Waals surface area contributed by atoms with Gasteiger partial charge in [-0.2, -0.15) is 0 Å². The smallest absolute Gasteiger partial charge is 0.123 e. The summed E-state index contributed by atoms with van der Waals surface area (Å²) >= 11 is 0. The molecule has 0 amide bonds. The van der Waals surface area contributed by atoms with Gasteiger partial charge < -0.3 is 14.9 Å². The zero-order valence-electron chi connectivity index (χ0n) is 10.2. The highest BCUT2D eigenvalue weighted by Gasteiger charge is 2.75. The molecule has 0 radical (unpaired) electrons. The van der Waals surface area contributed by atoms with Crippen molar-refractivity contribution in [2.75, 3.05) is 6.61 Å². The highest BCUT2D eigenvalue weighted by molar-refractivity contribution is 5.22. The van der Waals surface area contributed by atoms with E-state index in [0.29, 0.717) is 0 Å². The maximum Gasteiger partial charge on any atom is 0.123 e. The fourth-order valence-corrected chi connectivity index (χ4v) is 3.81. The number of rotatable bonds is 1. The van der Waals surface area contributed by atoms with E-state index in [1.165, 1.54) is 0 Å². The predicted molar refractivity (Wildman–Crippen MR) is 57.4 cm³/mol. The molecule has 0 aromatic heterocycles. The molecule has 2 bridgehead atoms. The topological polar surface area (TPSA) is 49.7 Å². The van der Waals surface area contributed by atoms with Crippen LogP contribution in [0.3, 0.4) is 0 Å². The Bertz CT molecular complexity index is 285. The van der Waals surface area contributed by atoms with Crippen molar-refractivity contribution in [3.8, 4) is 0 Å². The van der Waals surface area contributed by atoms with Gasteiger partial charge in [0.1, 0.15) is 5.60 Å². The molecule has 15 heavy (non-hydrogen) atoms. The minimum atomic E-state index is -0.777. The summed E-state index contributed by atoms with van der Waals surface area (Å²) in [6.07, 6.45) is -0.530. The van der Waals surface area contributed by atoms with Gasteiger partial charge in [-0.15, -0.1) is 0 Å². The summed E-state index contributed by atoms with van der Waals surface area (Å²) in [7, 11) is 0. The lowest BCUT2D eigenvalue weighted by molar-refractivity contribution is -0.209. The van der Waals surface area contributed by atoms with E-state index < -0.39 is 11.7 Å². The Morgan fingerprint density at radius 3 is 2.07 bits per heavy atom. The van der Waals surface area contributed by atoms with Gasteiger partial charge in [-0.05, 0) is 12.3 Å². The first-order valence-corrected chi connectivity index (χ1v) is 5.69. The van der Waals surface area contributed by atoms with Crippen molar-refractivity contribution in [2.24, 2.45) is 16.7 Å². The van der Waals surface area contributed by atoms with Crippen LogP contribution in [-0.2, 0) is 4.74 Å². The first-order chi connectivity index (χ1) is 6.72. The van der Waals surface area contributed by atoms with Crippen LogP contribution in [0.1, 0.15) is 34.6 Å². The summed E-state index contributed by atoms with van der Waals surface area (Å²) < 4.78 is 5.86. The quantitative estimate of drug-likeness (QED) is 0.689. The summed E-state index contributed by atoms with van der Waals surface area (Å²) in [5, 5.41) is 20.0. The molecule has 4 atom stereocenters. The lowest BCUT2D eigenvalue weighted by atomic mass is 9.61. The van der Waals surface area contributed by atoms with Gasteiger partial charge in [-0.25, -0.2) is 0 Å². The lowest BCUT2D eigenvalue weighted by Crippen LogP contribution is -2.56. The van der Waals surface area contributed by atoms with Gasteiger partial charge in [-0.3, -0.25) is 0 Å². The number of fused-ring (bicyclic) bond motifs is 2. The van der Waals surface area contributed by atoms with Crippen LogP contribution in [-0.4, -0.2) is 34.6 Å². The van der Waals surface area contributed by atoms with E-state index in [4.69, 9.17) is 4.74 Å². The van der Waals surface area contributed by atoms with E-state index in [-0.39, 0.29) is 29.5 Å². The minimum Gasteiger partial charge on any atom is -0.393 e. The molecular formula is C12H22O3. The first kappa shape index (κ1) is 11.4. The van der Waals surface area contributed by atoms with Crippen LogP contribution in [0.4, 0.5) is 0 Å². The normalized spacial score (nSPS) is 51.0. The molecule has 1 saturated heterocycles. The number of aliphatic hydroxyl groups excluding tert-OH is 2. The molecule has 88 valence electrons. The van der Waals surface area contributed by atoms with E-state index in [1.807, 2.05) is 6.92 Å². The van der Waals surface area contributed by atoms with Gasteiger partial charge in [0.2, 0.25) is 0 Å². The Labute approximate surface area is 91.4 Å². The maximum atomic E-state index is 10.3. The summed E-state index contributed by atoms with van der Waals surface area (Å²) in [6, 6.07) is 0. The van der Waals surface area contributed by atoms with E-state index >= 15 is 0 Å². The Balaban J connectivity index is 2.56. The van der Waals surface area contributed by atoms with Crippen molar-refractivity contribution in [1.29, 1.82) is 0 Å². The Hall–Kier alpha value is -0.120. The summed E-state index contributed by atoms with van der Waals surface area (Å²) in [5.41, 5.74) is -1.02. The van der Waals surface area contributed by atoms with E-state index in [2.05, 4.69) is 27.7 Å². The second-order valence-corrected chi connectivity index (χ2v) is 6.19. The van der Waals surface area contributed by atoms with Crippen molar-refractivity contribution >= 4 is 0 Å². The zero-order chi connectivity index (χ0) is 11.6. The highest BCUT2D eigenvalue weighted by atomic mass is 16.6. The number of aliphatic hydroxyl groups is 2. The molecule has 2 rings (SSSR count). The number of hydrogen-bond donors (Lipinski definition) is 2. The summed E-state index contributed by atoms with van der Waals surface area (Å²) in [4.78, 5) is 0. The molecule has 0 aromatic rings. The molecule has 3 heteroatoms. The molecule has 0 spiro atoms. The van der Waals surface area contributed by atoms with Crippen molar-refractivity contribution < 1.29 is 14.9 Å². The molecule has 1 saturated carbocycles. The minimum absolute atomic E-state index is 0.0210. The Morgan fingerprint density at radius 2 is 1.73 bits per heavy atom. The van der Waals surface area contributed by atoms with Gasteiger partial charge in [0, 0.05) is 11.3 Å². The predicted octanol–water partition coefficient (Wildman–Crippen LogP) is 1.18. The SMILES string of the molecule is C[C@@H]1O[C@]2(CO)[C@@H](O)[C@H]1C(C)(C)C2(C)C. The monoisotopic (exact) mass is 214 g/mol. The third-order valence-electron chi connectivity index (χ3n) is 5.46. The molecule has 0 unspecified atom stereocenters.